The molecule has 0 bridgehead atoms. The summed E-state index contributed by atoms with van der Waals surface area (Å²) >= 11 is 13.4. The highest BCUT2D eigenvalue weighted by Crippen LogP contribution is 2.39. The third kappa shape index (κ3) is 6.16. The van der Waals surface area contributed by atoms with Gasteiger partial charge in [0, 0.05) is 0 Å². The second-order valence-electron chi connectivity index (χ2n) is 7.92. The lowest BCUT2D eigenvalue weighted by Gasteiger charge is -2.14. The normalized spacial score (nSPS) is 14.4. The number of benzene rings is 3. The first kappa shape index (κ1) is 25.9. The summed E-state index contributed by atoms with van der Waals surface area (Å²) in [5, 5.41) is 0.425. The molecule has 1 heterocycles. The van der Waals surface area contributed by atoms with Crippen LogP contribution in [-0.4, -0.2) is 36.3 Å². The third-order valence-electron chi connectivity index (χ3n) is 5.34. The first-order valence-electron chi connectivity index (χ1n) is 11.0. The molecule has 36 heavy (non-hydrogen) atoms. The first-order valence-corrected chi connectivity index (χ1v) is 12.6. The van der Waals surface area contributed by atoms with Crippen LogP contribution in [0.15, 0.2) is 65.6 Å². The van der Waals surface area contributed by atoms with Crippen LogP contribution in [0.3, 0.4) is 0 Å². The van der Waals surface area contributed by atoms with E-state index in [9.17, 15) is 9.59 Å². The zero-order chi connectivity index (χ0) is 25.7. The fourth-order valence-electron chi connectivity index (χ4n) is 3.46. The van der Waals surface area contributed by atoms with Crippen molar-refractivity contribution in [1.29, 1.82) is 0 Å². The summed E-state index contributed by atoms with van der Waals surface area (Å²) in [5.74, 6) is 0.922. The van der Waals surface area contributed by atoms with Gasteiger partial charge in [0.15, 0.2) is 11.5 Å². The molecular weight excluding hydrogens is 521 g/mol. The van der Waals surface area contributed by atoms with Crippen LogP contribution in [0.1, 0.15) is 16.7 Å². The van der Waals surface area contributed by atoms with Gasteiger partial charge in [-0.15, -0.1) is 0 Å². The number of carbonyl (C=O) groups is 2. The predicted molar refractivity (Wildman–Crippen MR) is 143 cm³/mol. The van der Waals surface area contributed by atoms with Gasteiger partial charge in [0.1, 0.15) is 19.0 Å². The van der Waals surface area contributed by atoms with Crippen molar-refractivity contribution < 1.29 is 23.8 Å². The molecule has 0 N–H and O–H groups in total. The number of rotatable bonds is 9. The van der Waals surface area contributed by atoms with Gasteiger partial charge in [0.2, 0.25) is 0 Å². The number of ether oxygens (including phenoxy) is 3. The molecule has 3 aromatic carbocycles. The van der Waals surface area contributed by atoms with Crippen LogP contribution in [-0.2, 0) is 11.4 Å². The molecule has 1 saturated heterocycles. The highest BCUT2D eigenvalue weighted by Gasteiger charge is 2.35. The van der Waals surface area contributed by atoms with E-state index in [0.29, 0.717) is 39.5 Å². The van der Waals surface area contributed by atoms with Gasteiger partial charge >= 0.3 is 0 Å². The van der Waals surface area contributed by atoms with Gasteiger partial charge in [0.25, 0.3) is 11.1 Å². The van der Waals surface area contributed by atoms with E-state index in [4.69, 9.17) is 37.4 Å². The lowest BCUT2D eigenvalue weighted by Crippen LogP contribution is -2.32. The van der Waals surface area contributed by atoms with Crippen molar-refractivity contribution in [3.05, 3.63) is 92.3 Å². The van der Waals surface area contributed by atoms with E-state index in [1.807, 2.05) is 31.2 Å². The van der Waals surface area contributed by atoms with Gasteiger partial charge in [-0.2, -0.15) is 0 Å². The van der Waals surface area contributed by atoms with Crippen LogP contribution in [0, 0.1) is 6.92 Å². The van der Waals surface area contributed by atoms with E-state index >= 15 is 0 Å². The topological polar surface area (TPSA) is 65.1 Å². The van der Waals surface area contributed by atoms with Crippen LogP contribution in [0.25, 0.3) is 6.08 Å². The van der Waals surface area contributed by atoms with Crippen LogP contribution >= 0.6 is 35.0 Å². The van der Waals surface area contributed by atoms with Crippen molar-refractivity contribution in [1.82, 2.24) is 4.90 Å². The van der Waals surface area contributed by atoms with Gasteiger partial charge in [-0.1, -0.05) is 65.2 Å². The Kier molecular flexibility index (Phi) is 8.46. The minimum atomic E-state index is -0.400. The first-order chi connectivity index (χ1) is 17.4. The Hall–Kier alpha value is -3.13. The maximum atomic E-state index is 12.9. The monoisotopic (exact) mass is 543 g/mol. The number of carbonyl (C=O) groups excluding carboxylic acids is 2. The predicted octanol–water partition coefficient (Wildman–Crippen LogP) is 7.00. The highest BCUT2D eigenvalue weighted by molar-refractivity contribution is 8.18. The second kappa shape index (κ2) is 11.7. The van der Waals surface area contributed by atoms with Crippen LogP contribution in [0.5, 0.6) is 17.2 Å². The molecule has 1 fully saturated rings. The van der Waals surface area contributed by atoms with Crippen molar-refractivity contribution >= 4 is 52.2 Å². The number of aryl methyl sites for hydroxylation is 1. The van der Waals surface area contributed by atoms with Gasteiger partial charge in [-0.25, -0.2) is 0 Å². The maximum absolute atomic E-state index is 12.9. The number of amides is 2. The Morgan fingerprint density at radius 3 is 2.42 bits per heavy atom. The average molecular weight is 544 g/mol. The number of halogens is 2. The number of nitrogens with zero attached hydrogens (tertiary/aromatic N) is 1. The largest absolute Gasteiger partial charge is 0.493 e. The Balaban J connectivity index is 1.44. The maximum Gasteiger partial charge on any atom is 0.293 e. The SMILES string of the molecule is COc1cc(/C=C2\SC(=O)N(CCOc3ccccc3Cl)C2=O)cc(Cl)c1OCc1ccc(C)cc1. The smallest absolute Gasteiger partial charge is 0.293 e. The van der Waals surface area contributed by atoms with E-state index in [1.165, 1.54) is 7.11 Å². The summed E-state index contributed by atoms with van der Waals surface area (Å²) in [5.41, 5.74) is 2.77. The molecule has 9 heteroatoms. The molecule has 6 nitrogen and oxygen atoms in total. The number of hydrogen-bond acceptors (Lipinski definition) is 6. The molecule has 0 aliphatic carbocycles. The van der Waals surface area contributed by atoms with E-state index in [0.717, 1.165) is 27.8 Å². The minimum Gasteiger partial charge on any atom is -0.493 e. The molecular formula is C27H23Cl2NO5S. The summed E-state index contributed by atoms with van der Waals surface area (Å²) in [6, 6.07) is 18.4. The number of para-hydroxylation sites is 1. The summed E-state index contributed by atoms with van der Waals surface area (Å²) in [7, 11) is 1.51. The van der Waals surface area contributed by atoms with Crippen LogP contribution < -0.4 is 14.2 Å². The average Bonchev–Trinajstić information content (AvgIpc) is 3.12. The zero-order valence-electron chi connectivity index (χ0n) is 19.6. The molecule has 0 unspecified atom stereocenters. The Bertz CT molecular complexity index is 1310. The molecule has 4 rings (SSSR count). The standard InChI is InChI=1S/C27H23Cl2NO5S/c1-17-7-9-18(10-8-17)16-35-25-21(29)13-19(14-23(25)33-2)15-24-26(31)30(27(32)36-24)11-12-34-22-6-4-3-5-20(22)28/h3-10,13-15H,11-12,16H2,1-2H3/b24-15-. The van der Waals surface area contributed by atoms with Gasteiger partial charge in [-0.05, 0) is 60.2 Å². The number of thioether (sulfide) groups is 1. The van der Waals surface area contributed by atoms with Gasteiger partial charge < -0.3 is 14.2 Å². The van der Waals surface area contributed by atoms with Crippen LogP contribution in [0.2, 0.25) is 10.0 Å². The lowest BCUT2D eigenvalue weighted by molar-refractivity contribution is -0.123. The van der Waals surface area contributed by atoms with E-state index in [2.05, 4.69) is 0 Å². The molecule has 1 aliphatic heterocycles. The van der Waals surface area contributed by atoms with Gasteiger partial charge in [0.05, 0.1) is 28.6 Å². The zero-order valence-corrected chi connectivity index (χ0v) is 22.0. The fraction of sp³-hybridized carbons (Fsp3) is 0.185. The summed E-state index contributed by atoms with van der Waals surface area (Å²) < 4.78 is 17.0. The molecule has 0 atom stereocenters. The van der Waals surface area contributed by atoms with Crippen molar-refractivity contribution in [2.45, 2.75) is 13.5 Å². The number of imide groups is 1. The molecule has 186 valence electrons. The quantitative estimate of drug-likeness (QED) is 0.270. The minimum absolute atomic E-state index is 0.100. The highest BCUT2D eigenvalue weighted by atomic mass is 35.5. The number of methoxy groups -OCH3 is 1. The second-order valence-corrected chi connectivity index (χ2v) is 9.73. The Morgan fingerprint density at radius 1 is 0.944 bits per heavy atom. The molecule has 3 aromatic rings. The molecule has 2 amide bonds. The van der Waals surface area contributed by atoms with E-state index in [1.54, 1.807) is 42.5 Å². The van der Waals surface area contributed by atoms with E-state index < -0.39 is 5.91 Å². The van der Waals surface area contributed by atoms with Crippen molar-refractivity contribution in [3.8, 4) is 17.2 Å². The van der Waals surface area contributed by atoms with E-state index in [-0.39, 0.29) is 23.3 Å². The van der Waals surface area contributed by atoms with Gasteiger partial charge in [-0.3, -0.25) is 14.5 Å². The van der Waals surface area contributed by atoms with Crippen molar-refractivity contribution in [3.63, 3.8) is 0 Å². The Labute approximate surface area is 223 Å². The summed E-state index contributed by atoms with van der Waals surface area (Å²) in [6.07, 6.45) is 1.61. The third-order valence-corrected chi connectivity index (χ3v) is 6.84. The molecule has 0 radical (unpaired) electrons. The summed E-state index contributed by atoms with van der Waals surface area (Å²) in [4.78, 5) is 26.7. The fourth-order valence-corrected chi connectivity index (χ4v) is 4.78. The molecule has 0 aromatic heterocycles. The molecule has 1 aliphatic rings. The van der Waals surface area contributed by atoms with Crippen molar-refractivity contribution in [2.24, 2.45) is 0 Å². The molecule has 0 spiro atoms. The summed E-state index contributed by atoms with van der Waals surface area (Å²) in [6.45, 7) is 2.57. The lowest BCUT2D eigenvalue weighted by atomic mass is 10.1. The number of hydrogen-bond donors (Lipinski definition) is 0. The molecule has 0 saturated carbocycles. The Morgan fingerprint density at radius 2 is 1.69 bits per heavy atom. The van der Waals surface area contributed by atoms with Crippen LogP contribution in [0.4, 0.5) is 4.79 Å². The van der Waals surface area contributed by atoms with Crippen molar-refractivity contribution in [2.75, 3.05) is 20.3 Å².